The molecular formula is C26H58O3Si2. The van der Waals surface area contributed by atoms with Gasteiger partial charge in [0.2, 0.25) is 0 Å². The van der Waals surface area contributed by atoms with E-state index in [-0.39, 0.29) is 27.7 Å². The van der Waals surface area contributed by atoms with Crippen molar-refractivity contribution in [2.45, 2.75) is 143 Å². The molecule has 0 radical (unpaired) electrons. The van der Waals surface area contributed by atoms with E-state index < -0.39 is 16.6 Å². The van der Waals surface area contributed by atoms with Crippen molar-refractivity contribution >= 4 is 16.6 Å². The summed E-state index contributed by atoms with van der Waals surface area (Å²) in [5, 5.41) is 10.6. The molecule has 0 heterocycles. The fraction of sp³-hybridized carbons (Fsp3) is 1.00. The lowest BCUT2D eigenvalue weighted by Gasteiger charge is -2.43. The quantitative estimate of drug-likeness (QED) is 0.272. The molecule has 0 aliphatic carbocycles. The van der Waals surface area contributed by atoms with E-state index in [0.717, 1.165) is 25.9 Å². The molecule has 0 saturated heterocycles. The molecule has 0 spiro atoms. The average Bonchev–Trinajstić information content (AvgIpc) is 2.51. The molecule has 31 heavy (non-hydrogen) atoms. The lowest BCUT2D eigenvalue weighted by atomic mass is 9.78. The van der Waals surface area contributed by atoms with Crippen LogP contribution >= 0.6 is 0 Å². The first-order valence-corrected chi connectivity index (χ1v) is 18.3. The summed E-state index contributed by atoms with van der Waals surface area (Å²) in [5.74, 6) is 0.591. The van der Waals surface area contributed by atoms with Gasteiger partial charge in [-0.1, -0.05) is 68.2 Å². The minimum atomic E-state index is -1.75. The van der Waals surface area contributed by atoms with Crippen LogP contribution in [0, 0.1) is 11.3 Å². The van der Waals surface area contributed by atoms with Crippen molar-refractivity contribution in [3.63, 3.8) is 0 Å². The van der Waals surface area contributed by atoms with E-state index in [0.29, 0.717) is 5.92 Å². The third-order valence-electron chi connectivity index (χ3n) is 8.01. The summed E-state index contributed by atoms with van der Waals surface area (Å²) in [5.41, 5.74) is -0.130. The first-order chi connectivity index (χ1) is 13.6. The third-order valence-corrected chi connectivity index (χ3v) is 17.2. The van der Waals surface area contributed by atoms with Gasteiger partial charge >= 0.3 is 0 Å². The van der Waals surface area contributed by atoms with Gasteiger partial charge in [-0.15, -0.1) is 0 Å². The van der Waals surface area contributed by atoms with Gasteiger partial charge in [0.1, 0.15) is 0 Å². The SMILES string of the molecule is CC(CCCC(C)(C)O[Si](C)(C)C(C)(C)C)CC(C)(CO)CCO[Si](C)(C)C(C)(C)C. The topological polar surface area (TPSA) is 38.7 Å². The fourth-order valence-electron chi connectivity index (χ4n) is 3.73. The molecule has 2 atom stereocenters. The number of aliphatic hydroxyl groups is 1. The molecular weight excluding hydrogens is 416 g/mol. The second kappa shape index (κ2) is 11.2. The first kappa shape index (κ1) is 31.3. The van der Waals surface area contributed by atoms with Crippen LogP contribution in [0.15, 0.2) is 0 Å². The monoisotopic (exact) mass is 474 g/mol. The summed E-state index contributed by atoms with van der Waals surface area (Å²) < 4.78 is 13.1. The van der Waals surface area contributed by atoms with Gasteiger partial charge in [0.15, 0.2) is 16.6 Å². The van der Waals surface area contributed by atoms with Crippen LogP contribution in [0.5, 0.6) is 0 Å². The summed E-state index contributed by atoms with van der Waals surface area (Å²) in [7, 11) is -3.47. The van der Waals surface area contributed by atoms with Gasteiger partial charge in [-0.25, -0.2) is 0 Å². The predicted octanol–water partition coefficient (Wildman–Crippen LogP) is 8.39. The second-order valence-corrected chi connectivity index (χ2v) is 23.7. The summed E-state index contributed by atoms with van der Waals surface area (Å²) in [4.78, 5) is 0. The van der Waals surface area contributed by atoms with Crippen molar-refractivity contribution in [3.8, 4) is 0 Å². The summed E-state index contributed by atoms with van der Waals surface area (Å²) in [6, 6.07) is 0. The van der Waals surface area contributed by atoms with Crippen LogP contribution in [-0.4, -0.2) is 40.6 Å². The zero-order valence-electron chi connectivity index (χ0n) is 23.8. The van der Waals surface area contributed by atoms with Gasteiger partial charge in [0, 0.05) is 13.2 Å². The molecule has 0 fully saturated rings. The summed E-state index contributed by atoms with van der Waals surface area (Å²) >= 11 is 0. The lowest BCUT2D eigenvalue weighted by Crippen LogP contribution is -2.47. The Kier molecular flexibility index (Phi) is 11.3. The smallest absolute Gasteiger partial charge is 0.192 e. The molecule has 0 aromatic carbocycles. The molecule has 0 saturated carbocycles. The van der Waals surface area contributed by atoms with E-state index >= 15 is 0 Å². The maximum Gasteiger partial charge on any atom is 0.192 e. The largest absolute Gasteiger partial charge is 0.417 e. The van der Waals surface area contributed by atoms with Crippen molar-refractivity contribution in [3.05, 3.63) is 0 Å². The van der Waals surface area contributed by atoms with E-state index in [1.807, 2.05) is 0 Å². The second-order valence-electron chi connectivity index (χ2n) is 14.2. The molecule has 1 N–H and O–H groups in total. The number of hydrogen-bond donors (Lipinski definition) is 1. The van der Waals surface area contributed by atoms with Crippen LogP contribution in [0.3, 0.4) is 0 Å². The molecule has 2 unspecified atom stereocenters. The minimum Gasteiger partial charge on any atom is -0.417 e. The zero-order chi connectivity index (χ0) is 24.9. The standard InChI is InChI=1S/C26H58O3Si2/c1-22(16-15-17-25(8,9)29-31(13,14)24(5,6)7)20-26(10,21-27)18-19-28-30(11,12)23(2,3)4/h22,27H,15-21H2,1-14H3. The highest BCUT2D eigenvalue weighted by molar-refractivity contribution is 6.74. The Bertz CT molecular complexity index is 530. The Balaban J connectivity index is 4.63. The Labute approximate surface area is 198 Å². The highest BCUT2D eigenvalue weighted by Crippen LogP contribution is 2.41. The van der Waals surface area contributed by atoms with Gasteiger partial charge in [0.25, 0.3) is 0 Å². The molecule has 0 aliphatic rings. The van der Waals surface area contributed by atoms with Crippen molar-refractivity contribution < 1.29 is 14.0 Å². The normalized spacial score (nSPS) is 17.5. The average molecular weight is 475 g/mol. The number of rotatable bonds is 13. The molecule has 0 aromatic rings. The summed E-state index contributed by atoms with van der Waals surface area (Å²) in [6.45, 7) is 33.1. The Morgan fingerprint density at radius 1 is 0.774 bits per heavy atom. The molecule has 5 heteroatoms. The molecule has 0 rings (SSSR count). The van der Waals surface area contributed by atoms with E-state index in [2.05, 4.69) is 95.4 Å². The van der Waals surface area contributed by atoms with E-state index in [4.69, 9.17) is 8.85 Å². The van der Waals surface area contributed by atoms with Crippen LogP contribution < -0.4 is 0 Å². The number of hydrogen-bond acceptors (Lipinski definition) is 3. The van der Waals surface area contributed by atoms with Gasteiger partial charge in [0.05, 0.1) is 5.60 Å². The zero-order valence-corrected chi connectivity index (χ0v) is 25.8. The molecule has 0 bridgehead atoms. The Hall–Kier alpha value is 0.314. The maximum absolute atomic E-state index is 10.1. The molecule has 0 amide bonds. The summed E-state index contributed by atoms with van der Waals surface area (Å²) in [6.07, 6.45) is 5.43. The molecule has 0 aromatic heterocycles. The Morgan fingerprint density at radius 2 is 1.26 bits per heavy atom. The van der Waals surface area contributed by atoms with Crippen molar-refractivity contribution in [1.82, 2.24) is 0 Å². The van der Waals surface area contributed by atoms with Gasteiger partial charge < -0.3 is 14.0 Å². The molecule has 188 valence electrons. The first-order valence-electron chi connectivity index (χ1n) is 12.5. The molecule has 0 aliphatic heterocycles. The lowest BCUT2D eigenvalue weighted by molar-refractivity contribution is 0.0704. The minimum absolute atomic E-state index is 0.0606. The van der Waals surface area contributed by atoms with E-state index in [1.54, 1.807) is 0 Å². The van der Waals surface area contributed by atoms with Crippen molar-refractivity contribution in [2.24, 2.45) is 11.3 Å². The Morgan fingerprint density at radius 3 is 1.68 bits per heavy atom. The fourth-order valence-corrected chi connectivity index (χ4v) is 6.56. The predicted molar refractivity (Wildman–Crippen MR) is 143 cm³/mol. The highest BCUT2D eigenvalue weighted by Gasteiger charge is 2.41. The third kappa shape index (κ3) is 10.9. The van der Waals surface area contributed by atoms with Gasteiger partial charge in [-0.3, -0.25) is 0 Å². The van der Waals surface area contributed by atoms with Crippen LogP contribution in [0.4, 0.5) is 0 Å². The van der Waals surface area contributed by atoms with Crippen LogP contribution in [0.2, 0.25) is 36.3 Å². The van der Waals surface area contributed by atoms with E-state index in [9.17, 15) is 5.11 Å². The maximum atomic E-state index is 10.1. The van der Waals surface area contributed by atoms with Crippen LogP contribution in [-0.2, 0) is 8.85 Å². The van der Waals surface area contributed by atoms with Crippen LogP contribution in [0.25, 0.3) is 0 Å². The van der Waals surface area contributed by atoms with Gasteiger partial charge in [-0.2, -0.15) is 0 Å². The highest BCUT2D eigenvalue weighted by atomic mass is 28.4. The number of aliphatic hydroxyl groups excluding tert-OH is 1. The van der Waals surface area contributed by atoms with Crippen LogP contribution in [0.1, 0.15) is 101 Å². The van der Waals surface area contributed by atoms with Crippen molar-refractivity contribution in [1.29, 1.82) is 0 Å². The van der Waals surface area contributed by atoms with Crippen molar-refractivity contribution in [2.75, 3.05) is 13.2 Å². The van der Waals surface area contributed by atoms with E-state index in [1.165, 1.54) is 12.8 Å². The molecule has 3 nitrogen and oxygen atoms in total. The van der Waals surface area contributed by atoms with Gasteiger partial charge in [-0.05, 0) is 80.7 Å².